The quantitative estimate of drug-likeness (QED) is 0.426. The molecule has 2 heterocycles. The number of thioether (sulfide) groups is 1. The molecule has 3 rings (SSSR count). The van der Waals surface area contributed by atoms with E-state index in [0.717, 1.165) is 36.5 Å². The molecule has 2 aromatic heterocycles. The van der Waals surface area contributed by atoms with Crippen molar-refractivity contribution in [3.63, 3.8) is 0 Å². The van der Waals surface area contributed by atoms with Crippen molar-refractivity contribution in [1.29, 1.82) is 0 Å². The molecule has 0 unspecified atom stereocenters. The Morgan fingerprint density at radius 1 is 1.14 bits per heavy atom. The molecule has 148 valence electrons. The number of carbonyl (C=O) groups is 1. The Labute approximate surface area is 169 Å². The molecule has 0 spiro atoms. The number of nitrogens with zero attached hydrogens (tertiary/aromatic N) is 4. The van der Waals surface area contributed by atoms with Gasteiger partial charge in [0.25, 0.3) is 11.7 Å². The van der Waals surface area contributed by atoms with Gasteiger partial charge in [0.2, 0.25) is 5.16 Å². The Bertz CT molecular complexity index is 955. The van der Waals surface area contributed by atoms with Crippen LogP contribution in [0.4, 0.5) is 0 Å². The molecule has 0 fully saturated rings. The molecular weight excluding hydrogens is 372 g/mol. The summed E-state index contributed by atoms with van der Waals surface area (Å²) >= 11 is 1.50. The van der Waals surface area contributed by atoms with E-state index in [0.29, 0.717) is 28.8 Å². The molecule has 0 atom stereocenters. The minimum Gasteiger partial charge on any atom is -0.351 e. The first-order chi connectivity index (χ1) is 13.6. The third kappa shape index (κ3) is 5.08. The van der Waals surface area contributed by atoms with Crippen LogP contribution in [0.1, 0.15) is 40.7 Å². The van der Waals surface area contributed by atoms with Gasteiger partial charge in [-0.25, -0.2) is 9.50 Å². The molecule has 28 heavy (non-hydrogen) atoms. The second kappa shape index (κ2) is 9.66. The van der Waals surface area contributed by atoms with Crippen molar-refractivity contribution in [2.75, 3.05) is 19.6 Å². The molecule has 7 nitrogen and oxygen atoms in total. The summed E-state index contributed by atoms with van der Waals surface area (Å²) in [6.45, 7) is 8.39. The summed E-state index contributed by atoms with van der Waals surface area (Å²) in [6, 6.07) is 9.64. The second-order valence-corrected chi connectivity index (χ2v) is 7.54. The number of benzene rings is 1. The molecule has 0 bridgehead atoms. The van der Waals surface area contributed by atoms with Crippen molar-refractivity contribution in [3.05, 3.63) is 52.8 Å². The van der Waals surface area contributed by atoms with Crippen LogP contribution in [0.3, 0.4) is 0 Å². The third-order valence-electron chi connectivity index (χ3n) is 4.23. The molecule has 0 aliphatic carbocycles. The van der Waals surface area contributed by atoms with Crippen molar-refractivity contribution < 1.29 is 4.79 Å². The lowest BCUT2D eigenvalue weighted by molar-refractivity contribution is 0.0953. The normalized spacial score (nSPS) is 11.1. The number of carbonyl (C=O) groups excluding carboxylic acids is 1. The highest BCUT2D eigenvalue weighted by molar-refractivity contribution is 7.98. The van der Waals surface area contributed by atoms with Crippen LogP contribution in [0.2, 0.25) is 0 Å². The van der Waals surface area contributed by atoms with Gasteiger partial charge in [0.15, 0.2) is 0 Å². The standard InChI is InChI=1S/C20H26N6OS/c1-4-9-21-10-11-22-18(27)17-8-6-5-7-16(17)13-28-20-24-19-23-14(2)12-15(3)26(19)25-20/h5-8,12,21H,4,9-11,13H2,1-3H3,(H,22,27). The van der Waals surface area contributed by atoms with Crippen LogP contribution in [0.25, 0.3) is 5.78 Å². The highest BCUT2D eigenvalue weighted by Gasteiger charge is 2.13. The van der Waals surface area contributed by atoms with Gasteiger partial charge in [-0.05, 0) is 44.5 Å². The minimum absolute atomic E-state index is 0.0504. The first kappa shape index (κ1) is 20.3. The molecule has 0 aliphatic rings. The molecule has 0 radical (unpaired) electrons. The monoisotopic (exact) mass is 398 g/mol. The fraction of sp³-hybridized carbons (Fsp3) is 0.400. The smallest absolute Gasteiger partial charge is 0.253 e. The topological polar surface area (TPSA) is 84.2 Å². The summed E-state index contributed by atoms with van der Waals surface area (Å²) in [5.74, 6) is 1.17. The van der Waals surface area contributed by atoms with Crippen LogP contribution >= 0.6 is 11.8 Å². The molecule has 0 aliphatic heterocycles. The SMILES string of the molecule is CCCNCCNC(=O)c1ccccc1CSc1nc2nc(C)cc(C)n2n1. The number of hydrogen-bond donors (Lipinski definition) is 2. The average Bonchev–Trinajstić information content (AvgIpc) is 3.09. The predicted molar refractivity (Wildman–Crippen MR) is 112 cm³/mol. The summed E-state index contributed by atoms with van der Waals surface area (Å²) in [5, 5.41) is 11.4. The zero-order chi connectivity index (χ0) is 19.9. The Balaban J connectivity index is 1.65. The van der Waals surface area contributed by atoms with E-state index < -0.39 is 0 Å². The van der Waals surface area contributed by atoms with Crippen LogP contribution < -0.4 is 10.6 Å². The lowest BCUT2D eigenvalue weighted by Gasteiger charge is -2.10. The van der Waals surface area contributed by atoms with Crippen LogP contribution in [0, 0.1) is 13.8 Å². The summed E-state index contributed by atoms with van der Waals surface area (Å²) in [6.07, 6.45) is 1.08. The maximum Gasteiger partial charge on any atom is 0.253 e. The number of fused-ring (bicyclic) bond motifs is 1. The molecule has 2 N–H and O–H groups in total. The Morgan fingerprint density at radius 3 is 2.79 bits per heavy atom. The Hall–Kier alpha value is -2.45. The fourth-order valence-electron chi connectivity index (χ4n) is 2.88. The largest absolute Gasteiger partial charge is 0.351 e. The maximum absolute atomic E-state index is 12.5. The highest BCUT2D eigenvalue weighted by atomic mass is 32.2. The van der Waals surface area contributed by atoms with E-state index in [1.807, 2.05) is 44.2 Å². The van der Waals surface area contributed by atoms with Gasteiger partial charge >= 0.3 is 0 Å². The first-order valence-corrected chi connectivity index (χ1v) is 10.5. The lowest BCUT2D eigenvalue weighted by Crippen LogP contribution is -2.32. The summed E-state index contributed by atoms with van der Waals surface area (Å²) in [7, 11) is 0. The molecular formula is C20H26N6OS. The number of amides is 1. The van der Waals surface area contributed by atoms with E-state index in [2.05, 4.69) is 32.6 Å². The second-order valence-electron chi connectivity index (χ2n) is 6.60. The molecule has 1 amide bonds. The van der Waals surface area contributed by atoms with E-state index in [1.54, 1.807) is 4.52 Å². The van der Waals surface area contributed by atoms with Gasteiger partial charge in [-0.3, -0.25) is 4.79 Å². The summed E-state index contributed by atoms with van der Waals surface area (Å²) in [5.41, 5.74) is 3.58. The van der Waals surface area contributed by atoms with Crippen molar-refractivity contribution in [1.82, 2.24) is 30.2 Å². The molecule has 3 aromatic rings. The van der Waals surface area contributed by atoms with Gasteiger partial charge < -0.3 is 10.6 Å². The van der Waals surface area contributed by atoms with E-state index in [9.17, 15) is 4.79 Å². The first-order valence-electron chi connectivity index (χ1n) is 9.49. The van der Waals surface area contributed by atoms with Crippen LogP contribution in [-0.4, -0.2) is 45.1 Å². The van der Waals surface area contributed by atoms with E-state index in [-0.39, 0.29) is 5.91 Å². The van der Waals surface area contributed by atoms with E-state index in [4.69, 9.17) is 0 Å². The van der Waals surface area contributed by atoms with Gasteiger partial charge in [0.05, 0.1) is 0 Å². The van der Waals surface area contributed by atoms with Gasteiger partial charge in [0, 0.05) is 35.8 Å². The number of aromatic nitrogens is 4. The van der Waals surface area contributed by atoms with Gasteiger partial charge in [-0.1, -0.05) is 36.9 Å². The molecule has 0 saturated heterocycles. The third-order valence-corrected chi connectivity index (χ3v) is 5.12. The number of rotatable bonds is 9. The molecule has 8 heteroatoms. The van der Waals surface area contributed by atoms with Crippen molar-refractivity contribution in [3.8, 4) is 0 Å². The van der Waals surface area contributed by atoms with Crippen molar-refractivity contribution in [2.45, 2.75) is 38.1 Å². The summed E-state index contributed by atoms with van der Waals surface area (Å²) in [4.78, 5) is 21.5. The maximum atomic E-state index is 12.5. The Morgan fingerprint density at radius 2 is 1.96 bits per heavy atom. The highest BCUT2D eigenvalue weighted by Crippen LogP contribution is 2.22. The van der Waals surface area contributed by atoms with Gasteiger partial charge in [-0.15, -0.1) is 5.10 Å². The molecule has 1 aromatic carbocycles. The van der Waals surface area contributed by atoms with Crippen LogP contribution in [0.15, 0.2) is 35.5 Å². The average molecular weight is 399 g/mol. The van der Waals surface area contributed by atoms with Gasteiger partial charge in [0.1, 0.15) is 0 Å². The number of hydrogen-bond acceptors (Lipinski definition) is 6. The van der Waals surface area contributed by atoms with Crippen LogP contribution in [-0.2, 0) is 5.75 Å². The Kier molecular flexibility index (Phi) is 7.00. The number of aryl methyl sites for hydroxylation is 2. The molecule has 0 saturated carbocycles. The van der Waals surface area contributed by atoms with Crippen molar-refractivity contribution >= 4 is 23.4 Å². The predicted octanol–water partition coefficient (Wildman–Crippen LogP) is 2.76. The van der Waals surface area contributed by atoms with Gasteiger partial charge in [-0.2, -0.15) is 4.98 Å². The minimum atomic E-state index is -0.0504. The van der Waals surface area contributed by atoms with Crippen LogP contribution in [0.5, 0.6) is 0 Å². The summed E-state index contributed by atoms with van der Waals surface area (Å²) < 4.78 is 1.75. The zero-order valence-corrected chi connectivity index (χ0v) is 17.3. The fourth-order valence-corrected chi connectivity index (χ4v) is 3.70. The number of nitrogens with one attached hydrogen (secondary N) is 2. The zero-order valence-electron chi connectivity index (χ0n) is 16.5. The lowest BCUT2D eigenvalue weighted by atomic mass is 10.1. The van der Waals surface area contributed by atoms with E-state index >= 15 is 0 Å². The van der Waals surface area contributed by atoms with E-state index in [1.165, 1.54) is 11.8 Å². The van der Waals surface area contributed by atoms with Crippen molar-refractivity contribution in [2.24, 2.45) is 0 Å².